The Hall–Kier alpha value is -2.26. The van der Waals surface area contributed by atoms with E-state index in [1.165, 1.54) is 34.2 Å². The summed E-state index contributed by atoms with van der Waals surface area (Å²) in [4.78, 5) is 23.6. The fourth-order valence-corrected chi connectivity index (χ4v) is 4.73. The lowest BCUT2D eigenvalue weighted by molar-refractivity contribution is -0.165. The third kappa shape index (κ3) is 4.25. The first-order valence-corrected chi connectivity index (χ1v) is 9.83. The number of carbonyl (C=O) groups is 2. The third-order valence-electron chi connectivity index (χ3n) is 5.29. The summed E-state index contributed by atoms with van der Waals surface area (Å²) in [5.41, 5.74) is 1.59. The Kier molecular flexibility index (Phi) is 6.14. The molecule has 3 heterocycles. The normalized spacial score (nSPS) is 23.5. The largest absolute Gasteiger partial charge is 0.479 e. The van der Waals surface area contributed by atoms with Gasteiger partial charge in [0.2, 0.25) is 0 Å². The van der Waals surface area contributed by atoms with Gasteiger partial charge in [-0.05, 0) is 49.4 Å². The number of carboxylic acids is 2. The quantitative estimate of drug-likeness (QED) is 0.615. The number of aliphatic carboxylic acids is 2. The highest BCUT2D eigenvalue weighted by Crippen LogP contribution is 2.40. The van der Waals surface area contributed by atoms with Crippen molar-refractivity contribution in [2.24, 2.45) is 0 Å². The first kappa shape index (κ1) is 20.5. The molecule has 1 aromatic carbocycles. The molecule has 0 aliphatic carbocycles. The van der Waals surface area contributed by atoms with E-state index in [-0.39, 0.29) is 0 Å². The fourth-order valence-electron chi connectivity index (χ4n) is 3.64. The van der Waals surface area contributed by atoms with Gasteiger partial charge in [0.05, 0.1) is 0 Å². The van der Waals surface area contributed by atoms with Crippen LogP contribution >= 0.6 is 11.3 Å². The Labute approximate surface area is 166 Å². The topological polar surface area (TPSA) is 118 Å². The van der Waals surface area contributed by atoms with Crippen molar-refractivity contribution in [1.82, 2.24) is 4.90 Å². The maximum Gasteiger partial charge on any atom is 0.335 e. The van der Waals surface area contributed by atoms with Gasteiger partial charge in [0.1, 0.15) is 0 Å². The van der Waals surface area contributed by atoms with Gasteiger partial charge in [-0.25, -0.2) is 9.59 Å². The van der Waals surface area contributed by atoms with Crippen LogP contribution in [0.2, 0.25) is 0 Å². The zero-order valence-corrected chi connectivity index (χ0v) is 16.2. The monoisotopic (exact) mass is 405 g/mol. The number of hydrogen-bond acceptors (Lipinski definition) is 6. The highest BCUT2D eigenvalue weighted by atomic mass is 32.1. The van der Waals surface area contributed by atoms with Crippen LogP contribution < -0.4 is 0 Å². The molecule has 150 valence electrons. The number of hydrogen-bond donors (Lipinski definition) is 4. The molecule has 1 saturated heterocycles. The highest BCUT2D eigenvalue weighted by molar-refractivity contribution is 7.20. The molecule has 0 saturated carbocycles. The number of aliphatic hydroxyl groups excluding tert-OH is 2. The second-order valence-electron chi connectivity index (χ2n) is 7.07. The smallest absolute Gasteiger partial charge is 0.335 e. The van der Waals surface area contributed by atoms with E-state index in [2.05, 4.69) is 48.4 Å². The van der Waals surface area contributed by atoms with E-state index in [4.69, 9.17) is 20.4 Å². The maximum absolute atomic E-state index is 9.77. The lowest BCUT2D eigenvalue weighted by atomic mass is 10.0. The van der Waals surface area contributed by atoms with Gasteiger partial charge in [-0.1, -0.05) is 24.3 Å². The molecule has 7 nitrogen and oxygen atoms in total. The molecule has 2 unspecified atom stereocenters. The predicted octanol–water partition coefficient (Wildman–Crippen LogP) is 2.03. The molecule has 8 heteroatoms. The lowest BCUT2D eigenvalue weighted by Crippen LogP contribution is -2.39. The molecule has 4 atom stereocenters. The molecule has 28 heavy (non-hydrogen) atoms. The summed E-state index contributed by atoms with van der Waals surface area (Å²) in [5, 5.41) is 33.9. The van der Waals surface area contributed by atoms with Crippen molar-refractivity contribution in [2.45, 2.75) is 43.6 Å². The summed E-state index contributed by atoms with van der Waals surface area (Å²) >= 11 is 1.95. The minimum absolute atomic E-state index is 0.684. The summed E-state index contributed by atoms with van der Waals surface area (Å²) in [6.45, 7) is 0. The van der Waals surface area contributed by atoms with Crippen molar-refractivity contribution in [3.63, 3.8) is 0 Å². The number of benzene rings is 1. The summed E-state index contributed by atoms with van der Waals surface area (Å²) in [7, 11) is 2.28. The van der Waals surface area contributed by atoms with Crippen LogP contribution in [0.3, 0.4) is 0 Å². The van der Waals surface area contributed by atoms with Crippen LogP contribution in [0.5, 0.6) is 0 Å². The van der Waals surface area contributed by atoms with Crippen LogP contribution in [0.15, 0.2) is 36.4 Å². The molecule has 0 amide bonds. The molecule has 2 aromatic rings. The van der Waals surface area contributed by atoms with Gasteiger partial charge < -0.3 is 20.4 Å². The lowest BCUT2D eigenvalue weighted by Gasteiger charge is -2.29. The molecule has 2 bridgehead atoms. The van der Waals surface area contributed by atoms with Gasteiger partial charge in [0, 0.05) is 21.7 Å². The van der Waals surface area contributed by atoms with Crippen molar-refractivity contribution in [3.8, 4) is 0 Å². The number of fused-ring (bicyclic) bond motifs is 3. The van der Waals surface area contributed by atoms with Gasteiger partial charge in [0.25, 0.3) is 0 Å². The van der Waals surface area contributed by atoms with Crippen molar-refractivity contribution >= 4 is 38.9 Å². The average Bonchev–Trinajstić information content (AvgIpc) is 3.17. The number of nitrogens with zero attached hydrogens (tertiary/aromatic N) is 1. The van der Waals surface area contributed by atoms with E-state index < -0.39 is 24.1 Å². The molecule has 1 aromatic heterocycles. The standard InChI is InChI=1S/C16H17NS.C4H6O6/c1-17-13-6-7-14(17)9-12(8-13)16-10-11-4-2-3-5-15(11)18-16;5-1(3(7)8)2(6)4(9)10/h2-5,8,10,13-14H,6-7,9H2,1H3;1-2,5-6H,(H,7,8)(H,9,10)/t;1-,2-/m.0/s1. The molecular formula is C20H23NO6S. The summed E-state index contributed by atoms with van der Waals surface area (Å²) < 4.78 is 1.42. The molecule has 0 spiro atoms. The molecule has 4 N–H and O–H groups in total. The summed E-state index contributed by atoms with van der Waals surface area (Å²) in [5.74, 6) is -3.54. The Morgan fingerprint density at radius 3 is 2.32 bits per heavy atom. The number of rotatable bonds is 4. The van der Waals surface area contributed by atoms with Crippen LogP contribution in [0.4, 0.5) is 0 Å². The minimum Gasteiger partial charge on any atom is -0.479 e. The van der Waals surface area contributed by atoms with E-state index in [0.717, 1.165) is 6.04 Å². The van der Waals surface area contributed by atoms with E-state index in [1.54, 1.807) is 5.57 Å². The molecular weight excluding hydrogens is 382 g/mol. The van der Waals surface area contributed by atoms with Gasteiger partial charge in [0.15, 0.2) is 12.2 Å². The van der Waals surface area contributed by atoms with Crippen LogP contribution in [0.1, 0.15) is 24.1 Å². The maximum atomic E-state index is 9.77. The zero-order chi connectivity index (χ0) is 20.4. The van der Waals surface area contributed by atoms with Gasteiger partial charge in [-0.3, -0.25) is 4.90 Å². The number of aliphatic hydroxyl groups is 2. The van der Waals surface area contributed by atoms with Crippen LogP contribution in [-0.4, -0.2) is 68.6 Å². The van der Waals surface area contributed by atoms with E-state index in [1.807, 2.05) is 11.3 Å². The zero-order valence-electron chi connectivity index (χ0n) is 15.4. The second kappa shape index (κ2) is 8.40. The number of thiophene rings is 1. The van der Waals surface area contributed by atoms with Crippen molar-refractivity contribution in [3.05, 3.63) is 41.3 Å². The summed E-state index contributed by atoms with van der Waals surface area (Å²) in [6.07, 6.45) is 1.92. The van der Waals surface area contributed by atoms with Gasteiger partial charge in [-0.2, -0.15) is 0 Å². The highest BCUT2D eigenvalue weighted by Gasteiger charge is 2.34. The average molecular weight is 405 g/mol. The van der Waals surface area contributed by atoms with Crippen molar-refractivity contribution in [2.75, 3.05) is 7.05 Å². The molecule has 4 rings (SSSR count). The minimum atomic E-state index is -2.27. The van der Waals surface area contributed by atoms with E-state index >= 15 is 0 Å². The van der Waals surface area contributed by atoms with E-state index in [0.29, 0.717) is 6.04 Å². The molecule has 0 radical (unpaired) electrons. The third-order valence-corrected chi connectivity index (χ3v) is 6.48. The van der Waals surface area contributed by atoms with Crippen LogP contribution in [0, 0.1) is 0 Å². The van der Waals surface area contributed by atoms with Gasteiger partial charge >= 0.3 is 11.9 Å². The Morgan fingerprint density at radius 1 is 1.11 bits per heavy atom. The van der Waals surface area contributed by atoms with Crippen LogP contribution in [-0.2, 0) is 9.59 Å². The SMILES string of the molecule is CN1C2C=C(c3cc4ccccc4s3)CC1CC2.O=C(O)[C@@H](O)[C@H](O)C(=O)O. The second-order valence-corrected chi connectivity index (χ2v) is 8.16. The summed E-state index contributed by atoms with van der Waals surface area (Å²) in [6, 6.07) is 12.6. The number of likely N-dealkylation sites (N-methyl/N-ethyl adjacent to an activating group) is 1. The first-order valence-electron chi connectivity index (χ1n) is 9.01. The fraction of sp³-hybridized carbons (Fsp3) is 0.400. The Bertz CT molecular complexity index is 856. The first-order chi connectivity index (χ1) is 13.3. The Balaban J connectivity index is 0.000000195. The molecule has 2 aliphatic heterocycles. The van der Waals surface area contributed by atoms with Gasteiger partial charge in [-0.15, -0.1) is 11.3 Å². The number of carboxylic acid groups (broad SMARTS) is 2. The molecule has 2 aliphatic rings. The van der Waals surface area contributed by atoms with Crippen LogP contribution in [0.25, 0.3) is 15.7 Å². The van der Waals surface area contributed by atoms with E-state index in [9.17, 15) is 9.59 Å². The predicted molar refractivity (Wildman–Crippen MR) is 106 cm³/mol. The van der Waals surface area contributed by atoms with Crippen molar-refractivity contribution in [1.29, 1.82) is 0 Å². The Morgan fingerprint density at radius 2 is 1.75 bits per heavy atom. The molecule has 1 fully saturated rings. The van der Waals surface area contributed by atoms with Crippen molar-refractivity contribution < 1.29 is 30.0 Å².